The van der Waals surface area contributed by atoms with Crippen LogP contribution in [0.4, 0.5) is 5.69 Å². The SMILES string of the molecule is COC(=O)C1(C(=O)O)CCC1c1ccc(N)cc1. The van der Waals surface area contributed by atoms with Crippen molar-refractivity contribution < 1.29 is 19.4 Å². The highest BCUT2D eigenvalue weighted by atomic mass is 16.5. The molecule has 1 aromatic carbocycles. The molecule has 5 heteroatoms. The van der Waals surface area contributed by atoms with E-state index in [1.54, 1.807) is 24.3 Å². The Hall–Kier alpha value is -2.04. The summed E-state index contributed by atoms with van der Waals surface area (Å²) in [7, 11) is 1.21. The van der Waals surface area contributed by atoms with Gasteiger partial charge < -0.3 is 15.6 Å². The summed E-state index contributed by atoms with van der Waals surface area (Å²) in [5.74, 6) is -2.14. The van der Waals surface area contributed by atoms with Gasteiger partial charge in [-0.2, -0.15) is 0 Å². The summed E-state index contributed by atoms with van der Waals surface area (Å²) >= 11 is 0. The van der Waals surface area contributed by atoms with Crippen molar-refractivity contribution >= 4 is 17.6 Å². The number of anilines is 1. The van der Waals surface area contributed by atoms with E-state index in [0.29, 0.717) is 18.5 Å². The fourth-order valence-electron chi connectivity index (χ4n) is 2.53. The maximum absolute atomic E-state index is 11.8. The van der Waals surface area contributed by atoms with E-state index >= 15 is 0 Å². The Labute approximate surface area is 105 Å². The molecule has 1 saturated carbocycles. The van der Waals surface area contributed by atoms with Gasteiger partial charge in [-0.1, -0.05) is 12.1 Å². The highest BCUT2D eigenvalue weighted by Gasteiger charge is 2.60. The first-order valence-corrected chi connectivity index (χ1v) is 5.69. The number of nitrogens with two attached hydrogens (primary N) is 1. The van der Waals surface area contributed by atoms with E-state index < -0.39 is 17.4 Å². The number of ether oxygens (including phenoxy) is 1. The van der Waals surface area contributed by atoms with Crippen molar-refractivity contribution in [2.24, 2.45) is 5.41 Å². The fourth-order valence-corrected chi connectivity index (χ4v) is 2.53. The zero-order valence-electron chi connectivity index (χ0n) is 10.1. The van der Waals surface area contributed by atoms with Gasteiger partial charge in [-0.3, -0.25) is 9.59 Å². The number of esters is 1. The number of methoxy groups -OCH3 is 1. The topological polar surface area (TPSA) is 89.6 Å². The lowest BCUT2D eigenvalue weighted by Crippen LogP contribution is -2.51. The second kappa shape index (κ2) is 4.33. The number of nitrogen functional groups attached to an aromatic ring is 1. The maximum atomic E-state index is 11.8. The standard InChI is InChI=1S/C13H15NO4/c1-18-12(17)13(11(15)16)7-6-10(13)8-2-4-9(14)5-3-8/h2-5,10H,6-7,14H2,1H3,(H,15,16). The van der Waals surface area contributed by atoms with Gasteiger partial charge in [-0.25, -0.2) is 0 Å². The van der Waals surface area contributed by atoms with Gasteiger partial charge >= 0.3 is 11.9 Å². The first-order valence-electron chi connectivity index (χ1n) is 5.69. The lowest BCUT2D eigenvalue weighted by Gasteiger charge is -2.43. The van der Waals surface area contributed by atoms with Crippen LogP contribution in [0.5, 0.6) is 0 Å². The molecule has 2 unspecified atom stereocenters. The molecule has 1 aliphatic rings. The molecule has 1 fully saturated rings. The molecule has 18 heavy (non-hydrogen) atoms. The summed E-state index contributed by atoms with van der Waals surface area (Å²) in [5.41, 5.74) is 5.57. The van der Waals surface area contributed by atoms with E-state index in [1.165, 1.54) is 7.11 Å². The number of aliphatic carboxylic acids is 1. The highest BCUT2D eigenvalue weighted by Crippen LogP contribution is 2.54. The lowest BCUT2D eigenvalue weighted by molar-refractivity contribution is -0.176. The lowest BCUT2D eigenvalue weighted by atomic mass is 9.57. The summed E-state index contributed by atoms with van der Waals surface area (Å²) in [5, 5.41) is 9.35. The Morgan fingerprint density at radius 1 is 1.39 bits per heavy atom. The van der Waals surface area contributed by atoms with E-state index in [0.717, 1.165) is 5.56 Å². The van der Waals surface area contributed by atoms with Crippen LogP contribution in [-0.4, -0.2) is 24.2 Å². The summed E-state index contributed by atoms with van der Waals surface area (Å²) in [4.78, 5) is 23.2. The molecule has 2 atom stereocenters. The quantitative estimate of drug-likeness (QED) is 0.480. The smallest absolute Gasteiger partial charge is 0.323 e. The highest BCUT2D eigenvalue weighted by molar-refractivity contribution is 6.01. The van der Waals surface area contributed by atoms with E-state index in [2.05, 4.69) is 4.74 Å². The van der Waals surface area contributed by atoms with Crippen molar-refractivity contribution in [2.75, 3.05) is 12.8 Å². The summed E-state index contributed by atoms with van der Waals surface area (Å²) < 4.78 is 4.65. The fraction of sp³-hybridized carbons (Fsp3) is 0.385. The molecule has 0 aromatic heterocycles. The summed E-state index contributed by atoms with van der Waals surface area (Å²) in [6, 6.07) is 6.94. The maximum Gasteiger partial charge on any atom is 0.323 e. The molecule has 0 radical (unpaired) electrons. The van der Waals surface area contributed by atoms with Crippen LogP contribution in [-0.2, 0) is 14.3 Å². The van der Waals surface area contributed by atoms with E-state index in [-0.39, 0.29) is 5.92 Å². The van der Waals surface area contributed by atoms with Gasteiger partial charge in [0, 0.05) is 11.6 Å². The number of benzene rings is 1. The Kier molecular flexibility index (Phi) is 2.98. The second-order valence-electron chi connectivity index (χ2n) is 4.53. The first kappa shape index (κ1) is 12.4. The molecular formula is C13H15NO4. The van der Waals surface area contributed by atoms with Crippen LogP contribution in [0.2, 0.25) is 0 Å². The van der Waals surface area contributed by atoms with Crippen LogP contribution in [0.25, 0.3) is 0 Å². The minimum Gasteiger partial charge on any atom is -0.480 e. The van der Waals surface area contributed by atoms with Crippen molar-refractivity contribution in [3.8, 4) is 0 Å². The third kappa shape index (κ3) is 1.63. The minimum atomic E-state index is -1.44. The van der Waals surface area contributed by atoms with E-state index in [9.17, 15) is 14.7 Å². The van der Waals surface area contributed by atoms with Crippen molar-refractivity contribution in [3.63, 3.8) is 0 Å². The van der Waals surface area contributed by atoms with Crippen LogP contribution in [0.3, 0.4) is 0 Å². The molecule has 1 aromatic rings. The average molecular weight is 249 g/mol. The van der Waals surface area contributed by atoms with E-state index in [1.807, 2.05) is 0 Å². The number of hydrogen-bond acceptors (Lipinski definition) is 4. The number of rotatable bonds is 3. The van der Waals surface area contributed by atoms with Gasteiger partial charge in [0.25, 0.3) is 0 Å². The van der Waals surface area contributed by atoms with Crippen LogP contribution >= 0.6 is 0 Å². The molecule has 1 aliphatic carbocycles. The molecule has 0 aliphatic heterocycles. The van der Waals surface area contributed by atoms with Crippen molar-refractivity contribution in [1.82, 2.24) is 0 Å². The third-order valence-electron chi connectivity index (χ3n) is 3.69. The Morgan fingerprint density at radius 2 is 2.00 bits per heavy atom. The number of carboxylic acid groups (broad SMARTS) is 1. The zero-order valence-corrected chi connectivity index (χ0v) is 10.1. The Balaban J connectivity index is 2.37. The molecule has 0 heterocycles. The van der Waals surface area contributed by atoms with Crippen LogP contribution in [0.1, 0.15) is 24.3 Å². The van der Waals surface area contributed by atoms with E-state index in [4.69, 9.17) is 5.73 Å². The average Bonchev–Trinajstić information content (AvgIpc) is 2.30. The largest absolute Gasteiger partial charge is 0.480 e. The predicted molar refractivity (Wildman–Crippen MR) is 64.9 cm³/mol. The normalized spacial score (nSPS) is 26.2. The number of carbonyl (C=O) groups excluding carboxylic acids is 1. The van der Waals surface area contributed by atoms with Crippen LogP contribution in [0.15, 0.2) is 24.3 Å². The van der Waals surface area contributed by atoms with Gasteiger partial charge in [0.2, 0.25) is 0 Å². The molecular weight excluding hydrogens is 234 g/mol. The van der Waals surface area contributed by atoms with Crippen molar-refractivity contribution in [2.45, 2.75) is 18.8 Å². The van der Waals surface area contributed by atoms with Gasteiger partial charge in [0.05, 0.1) is 7.11 Å². The molecule has 0 saturated heterocycles. The summed E-state index contributed by atoms with van der Waals surface area (Å²) in [6.07, 6.45) is 0.968. The molecule has 3 N–H and O–H groups in total. The second-order valence-corrected chi connectivity index (χ2v) is 4.53. The van der Waals surface area contributed by atoms with Crippen molar-refractivity contribution in [1.29, 1.82) is 0 Å². The first-order chi connectivity index (χ1) is 8.52. The van der Waals surface area contributed by atoms with Gasteiger partial charge in [-0.05, 0) is 30.5 Å². The monoisotopic (exact) mass is 249 g/mol. The minimum absolute atomic E-state index is 0.310. The molecule has 0 amide bonds. The van der Waals surface area contributed by atoms with Gasteiger partial charge in [0.15, 0.2) is 5.41 Å². The van der Waals surface area contributed by atoms with Crippen LogP contribution < -0.4 is 5.73 Å². The van der Waals surface area contributed by atoms with Gasteiger partial charge in [0.1, 0.15) is 0 Å². The molecule has 0 spiro atoms. The Morgan fingerprint density at radius 3 is 2.39 bits per heavy atom. The Bertz CT molecular complexity index is 482. The third-order valence-corrected chi connectivity index (χ3v) is 3.69. The molecule has 2 rings (SSSR count). The van der Waals surface area contributed by atoms with Gasteiger partial charge in [-0.15, -0.1) is 0 Å². The number of carbonyl (C=O) groups is 2. The number of carboxylic acids is 1. The number of hydrogen-bond donors (Lipinski definition) is 2. The molecule has 0 bridgehead atoms. The molecule has 96 valence electrons. The van der Waals surface area contributed by atoms with Crippen LogP contribution in [0, 0.1) is 5.41 Å². The summed E-state index contributed by atoms with van der Waals surface area (Å²) in [6.45, 7) is 0. The predicted octanol–water partition coefficient (Wildman–Crippen LogP) is 1.39. The zero-order chi connectivity index (χ0) is 13.3. The van der Waals surface area contributed by atoms with Crippen molar-refractivity contribution in [3.05, 3.63) is 29.8 Å². The molecule has 5 nitrogen and oxygen atoms in total.